The Morgan fingerprint density at radius 3 is 2.58 bits per heavy atom. The number of alkyl halides is 1. The summed E-state index contributed by atoms with van der Waals surface area (Å²) >= 11 is 3.52. The smallest absolute Gasteiger partial charge is 0.0393 e. The molecule has 1 aliphatic rings. The molecule has 1 heterocycles. The number of hydrogen-bond donors (Lipinski definition) is 0. The summed E-state index contributed by atoms with van der Waals surface area (Å²) in [6, 6.07) is 6.78. The molecule has 2 rings (SSSR count). The minimum absolute atomic E-state index is 0.844. The average Bonchev–Trinajstić information content (AvgIpc) is 2.41. The van der Waals surface area contributed by atoms with E-state index in [0.29, 0.717) is 0 Å². The number of piperidine rings is 1. The van der Waals surface area contributed by atoms with E-state index < -0.39 is 0 Å². The summed E-state index contributed by atoms with van der Waals surface area (Å²) in [7, 11) is 4.46. The Balaban J connectivity index is 1.97. The van der Waals surface area contributed by atoms with E-state index in [1.54, 1.807) is 0 Å². The van der Waals surface area contributed by atoms with Crippen LogP contribution >= 0.6 is 15.9 Å². The van der Waals surface area contributed by atoms with Crippen LogP contribution in [0.1, 0.15) is 24.0 Å². The lowest BCUT2D eigenvalue weighted by Crippen LogP contribution is -2.35. The first-order valence-corrected chi connectivity index (χ1v) is 8.27. The number of rotatable bonds is 4. The fourth-order valence-corrected chi connectivity index (χ4v) is 3.31. The summed E-state index contributed by atoms with van der Waals surface area (Å²) in [5.41, 5.74) is 4.12. The zero-order valence-corrected chi connectivity index (χ0v) is 13.9. The first-order valence-electron chi connectivity index (χ1n) is 7.15. The van der Waals surface area contributed by atoms with Crippen molar-refractivity contribution in [2.45, 2.75) is 25.1 Å². The van der Waals surface area contributed by atoms with Crippen LogP contribution in [0.3, 0.4) is 0 Å². The summed E-state index contributed by atoms with van der Waals surface area (Å²) in [6.45, 7) is 5.90. The molecule has 0 aromatic heterocycles. The minimum atomic E-state index is 0.844. The van der Waals surface area contributed by atoms with Crippen molar-refractivity contribution in [2.24, 2.45) is 5.92 Å². The summed E-state index contributed by atoms with van der Waals surface area (Å²) in [5, 5.41) is 0.937. The van der Waals surface area contributed by atoms with Crippen molar-refractivity contribution in [3.05, 3.63) is 29.3 Å². The standard InChI is InChI=1S/C16H25BrN2/c1-13-10-15(11-17)4-5-16(13)19(3)12-14-6-8-18(2)9-7-14/h4-5,10,14H,6-9,11-12H2,1-3H3. The van der Waals surface area contributed by atoms with Gasteiger partial charge in [0.1, 0.15) is 0 Å². The SMILES string of the molecule is Cc1cc(CBr)ccc1N(C)CC1CCN(C)CC1. The van der Waals surface area contributed by atoms with Gasteiger partial charge in [-0.3, -0.25) is 0 Å². The van der Waals surface area contributed by atoms with Gasteiger partial charge < -0.3 is 9.80 Å². The van der Waals surface area contributed by atoms with Crippen molar-refractivity contribution in [1.82, 2.24) is 4.90 Å². The topological polar surface area (TPSA) is 6.48 Å². The monoisotopic (exact) mass is 324 g/mol. The maximum absolute atomic E-state index is 3.52. The highest BCUT2D eigenvalue weighted by Crippen LogP contribution is 2.24. The molecule has 3 heteroatoms. The van der Waals surface area contributed by atoms with Crippen LogP contribution in [0.15, 0.2) is 18.2 Å². The van der Waals surface area contributed by atoms with Crippen LogP contribution < -0.4 is 4.90 Å². The van der Waals surface area contributed by atoms with Crippen LogP contribution in [0, 0.1) is 12.8 Å². The number of nitrogens with zero attached hydrogens (tertiary/aromatic N) is 2. The fourth-order valence-electron chi connectivity index (χ4n) is 2.96. The van der Waals surface area contributed by atoms with Crippen molar-refractivity contribution in [3.63, 3.8) is 0 Å². The van der Waals surface area contributed by atoms with Crippen molar-refractivity contribution >= 4 is 21.6 Å². The molecule has 0 atom stereocenters. The highest BCUT2D eigenvalue weighted by molar-refractivity contribution is 9.08. The lowest BCUT2D eigenvalue weighted by Gasteiger charge is -2.33. The van der Waals surface area contributed by atoms with Gasteiger partial charge in [-0.2, -0.15) is 0 Å². The Bertz CT molecular complexity index is 411. The molecule has 1 saturated heterocycles. The molecular formula is C16H25BrN2. The summed E-state index contributed by atoms with van der Waals surface area (Å²) in [5.74, 6) is 0.844. The Hall–Kier alpha value is -0.540. The molecule has 0 radical (unpaired) electrons. The molecule has 1 aromatic rings. The first kappa shape index (κ1) is 14.9. The lowest BCUT2D eigenvalue weighted by atomic mass is 9.96. The Morgan fingerprint density at radius 1 is 1.32 bits per heavy atom. The largest absolute Gasteiger partial charge is 0.374 e. The van der Waals surface area contributed by atoms with Crippen LogP contribution in [0.5, 0.6) is 0 Å². The Labute approximate surface area is 125 Å². The number of aryl methyl sites for hydroxylation is 1. The molecule has 0 amide bonds. The van der Waals surface area contributed by atoms with Gasteiger partial charge in [-0.15, -0.1) is 0 Å². The van der Waals surface area contributed by atoms with Gasteiger partial charge >= 0.3 is 0 Å². The molecule has 0 spiro atoms. The number of anilines is 1. The van der Waals surface area contributed by atoms with Crippen LogP contribution in [-0.2, 0) is 5.33 Å². The van der Waals surface area contributed by atoms with Gasteiger partial charge in [-0.1, -0.05) is 28.1 Å². The van der Waals surface area contributed by atoms with E-state index in [2.05, 4.69) is 64.9 Å². The van der Waals surface area contributed by atoms with E-state index in [1.807, 2.05) is 0 Å². The number of benzene rings is 1. The third-order valence-corrected chi connectivity index (χ3v) is 4.84. The molecule has 106 valence electrons. The van der Waals surface area contributed by atoms with Gasteiger partial charge in [0.25, 0.3) is 0 Å². The zero-order chi connectivity index (χ0) is 13.8. The van der Waals surface area contributed by atoms with Gasteiger partial charge in [0.15, 0.2) is 0 Å². The van der Waals surface area contributed by atoms with Crippen molar-refractivity contribution in [2.75, 3.05) is 38.6 Å². The number of hydrogen-bond acceptors (Lipinski definition) is 2. The third-order valence-electron chi connectivity index (χ3n) is 4.20. The second-order valence-corrected chi connectivity index (χ2v) is 6.44. The van der Waals surface area contributed by atoms with E-state index in [-0.39, 0.29) is 0 Å². The maximum atomic E-state index is 3.52. The van der Waals surface area contributed by atoms with Gasteiger partial charge in [0.05, 0.1) is 0 Å². The van der Waals surface area contributed by atoms with Crippen LogP contribution in [-0.4, -0.2) is 38.6 Å². The second kappa shape index (κ2) is 6.76. The zero-order valence-electron chi connectivity index (χ0n) is 12.3. The van der Waals surface area contributed by atoms with Crippen molar-refractivity contribution < 1.29 is 0 Å². The van der Waals surface area contributed by atoms with Gasteiger partial charge in [-0.05, 0) is 63.0 Å². The molecule has 19 heavy (non-hydrogen) atoms. The molecular weight excluding hydrogens is 300 g/mol. The lowest BCUT2D eigenvalue weighted by molar-refractivity contribution is 0.222. The van der Waals surface area contributed by atoms with Crippen LogP contribution in [0.4, 0.5) is 5.69 Å². The van der Waals surface area contributed by atoms with Gasteiger partial charge in [0.2, 0.25) is 0 Å². The fraction of sp³-hybridized carbons (Fsp3) is 0.625. The first-order chi connectivity index (χ1) is 9.10. The van der Waals surface area contributed by atoms with E-state index in [0.717, 1.165) is 11.2 Å². The Morgan fingerprint density at radius 2 is 2.00 bits per heavy atom. The molecule has 0 bridgehead atoms. The van der Waals surface area contributed by atoms with Gasteiger partial charge in [0, 0.05) is 24.6 Å². The van der Waals surface area contributed by atoms with Crippen molar-refractivity contribution in [3.8, 4) is 0 Å². The normalized spacial score (nSPS) is 17.7. The predicted octanol–water partition coefficient (Wildman–Crippen LogP) is 3.67. The predicted molar refractivity (Wildman–Crippen MR) is 87.3 cm³/mol. The summed E-state index contributed by atoms with van der Waals surface area (Å²) in [6.07, 6.45) is 2.67. The second-order valence-electron chi connectivity index (χ2n) is 5.88. The molecule has 1 aromatic carbocycles. The van der Waals surface area contributed by atoms with E-state index >= 15 is 0 Å². The summed E-state index contributed by atoms with van der Waals surface area (Å²) in [4.78, 5) is 4.87. The van der Waals surface area contributed by atoms with E-state index in [9.17, 15) is 0 Å². The van der Waals surface area contributed by atoms with Crippen molar-refractivity contribution in [1.29, 1.82) is 0 Å². The maximum Gasteiger partial charge on any atom is 0.0393 e. The molecule has 0 N–H and O–H groups in total. The quantitative estimate of drug-likeness (QED) is 0.780. The summed E-state index contributed by atoms with van der Waals surface area (Å²) < 4.78 is 0. The van der Waals surface area contributed by atoms with E-state index in [1.165, 1.54) is 49.3 Å². The third kappa shape index (κ3) is 3.96. The highest BCUT2D eigenvalue weighted by atomic mass is 79.9. The molecule has 1 aliphatic heterocycles. The van der Waals surface area contributed by atoms with Gasteiger partial charge in [-0.25, -0.2) is 0 Å². The van der Waals surface area contributed by atoms with E-state index in [4.69, 9.17) is 0 Å². The number of halogens is 1. The molecule has 0 aliphatic carbocycles. The highest BCUT2D eigenvalue weighted by Gasteiger charge is 2.18. The van der Waals surface area contributed by atoms with Crippen LogP contribution in [0.2, 0.25) is 0 Å². The molecule has 2 nitrogen and oxygen atoms in total. The molecule has 0 unspecified atom stereocenters. The average molecular weight is 325 g/mol. The number of likely N-dealkylation sites (tertiary alicyclic amines) is 1. The van der Waals surface area contributed by atoms with Crippen LogP contribution in [0.25, 0.3) is 0 Å². The molecule has 1 fully saturated rings. The Kier molecular flexibility index (Phi) is 5.28. The molecule has 0 saturated carbocycles. The minimum Gasteiger partial charge on any atom is -0.374 e.